The van der Waals surface area contributed by atoms with Gasteiger partial charge in [-0.3, -0.25) is 4.79 Å². The summed E-state index contributed by atoms with van der Waals surface area (Å²) in [5, 5.41) is 1.26. The first kappa shape index (κ1) is 9.64. The molecule has 2 aromatic rings. The first-order valence-corrected chi connectivity index (χ1v) is 5.85. The first-order valence-electron chi connectivity index (χ1n) is 5.85. The molecule has 1 aliphatic carbocycles. The molecule has 0 atom stereocenters. The topological polar surface area (TPSA) is 22.0 Å². The number of rotatable bonds is 2. The number of aryl methyl sites for hydroxylation is 1. The summed E-state index contributed by atoms with van der Waals surface area (Å²) >= 11 is 0. The van der Waals surface area contributed by atoms with Gasteiger partial charge < -0.3 is 4.57 Å². The van der Waals surface area contributed by atoms with Crippen molar-refractivity contribution < 1.29 is 4.79 Å². The number of nitrogens with zero attached hydrogens (tertiary/aromatic N) is 1. The zero-order chi connectivity index (χ0) is 11.1. The zero-order valence-corrected chi connectivity index (χ0v) is 9.44. The minimum atomic E-state index is 0.603. The summed E-state index contributed by atoms with van der Waals surface area (Å²) in [7, 11) is 1.98. The fraction of sp³-hybridized carbons (Fsp3) is 0.357. The molecule has 16 heavy (non-hydrogen) atoms. The highest BCUT2D eigenvalue weighted by atomic mass is 16.1. The number of carbonyl (C=O) groups is 1. The summed E-state index contributed by atoms with van der Waals surface area (Å²) in [5.41, 5.74) is 3.32. The molecule has 2 nitrogen and oxygen atoms in total. The Morgan fingerprint density at radius 2 is 2.06 bits per heavy atom. The summed E-state index contributed by atoms with van der Waals surface area (Å²) in [4.78, 5) is 11.2. The molecule has 0 radical (unpaired) electrons. The van der Waals surface area contributed by atoms with E-state index in [1.165, 1.54) is 35.7 Å². The average Bonchev–Trinajstić information content (AvgIpc) is 2.51. The van der Waals surface area contributed by atoms with Gasteiger partial charge in [0, 0.05) is 18.0 Å². The Morgan fingerprint density at radius 3 is 2.69 bits per heavy atom. The summed E-state index contributed by atoms with van der Waals surface area (Å²) in [6.07, 6.45) is 4.77. The van der Waals surface area contributed by atoms with Crippen LogP contribution in [0.15, 0.2) is 24.3 Å². The Bertz CT molecular complexity index is 549. The molecule has 0 saturated heterocycles. The van der Waals surface area contributed by atoms with Crippen molar-refractivity contribution >= 4 is 17.2 Å². The number of hydrogen-bond acceptors (Lipinski definition) is 1. The van der Waals surface area contributed by atoms with Gasteiger partial charge in [0.2, 0.25) is 0 Å². The number of benzene rings is 1. The van der Waals surface area contributed by atoms with E-state index < -0.39 is 0 Å². The Morgan fingerprint density at radius 1 is 1.31 bits per heavy atom. The Labute approximate surface area is 94.9 Å². The summed E-state index contributed by atoms with van der Waals surface area (Å²) in [6, 6.07) is 8.31. The number of carbonyl (C=O) groups excluding carboxylic acids is 1. The molecule has 2 heteroatoms. The molecule has 1 fully saturated rings. The fourth-order valence-electron chi connectivity index (χ4n) is 2.71. The van der Waals surface area contributed by atoms with E-state index in [4.69, 9.17) is 0 Å². The molecule has 1 saturated carbocycles. The smallest absolute Gasteiger partial charge is 0.166 e. The van der Waals surface area contributed by atoms with E-state index >= 15 is 0 Å². The third-order valence-corrected chi connectivity index (χ3v) is 3.82. The van der Waals surface area contributed by atoms with Crippen LogP contribution < -0.4 is 0 Å². The molecule has 0 unspecified atom stereocenters. The van der Waals surface area contributed by atoms with Crippen molar-refractivity contribution in [1.82, 2.24) is 4.57 Å². The third kappa shape index (κ3) is 1.16. The molecule has 0 N–H and O–H groups in total. The maximum absolute atomic E-state index is 11.2. The zero-order valence-electron chi connectivity index (χ0n) is 9.44. The quantitative estimate of drug-likeness (QED) is 0.702. The van der Waals surface area contributed by atoms with Crippen LogP contribution in [-0.4, -0.2) is 10.9 Å². The summed E-state index contributed by atoms with van der Waals surface area (Å²) in [5.74, 6) is 0.603. The van der Waals surface area contributed by atoms with E-state index in [9.17, 15) is 4.79 Å². The molecule has 1 heterocycles. The van der Waals surface area contributed by atoms with Crippen LogP contribution in [0.2, 0.25) is 0 Å². The standard InChI is InChI=1S/C14H15NO/c1-15-12-8-3-2-7-11(12)14(13(15)9-16)10-5-4-6-10/h2-3,7-10H,4-6H2,1H3. The molecule has 1 aromatic heterocycles. The SMILES string of the molecule is Cn1c(C=O)c(C2CCC2)c2ccccc21. The number of hydrogen-bond donors (Lipinski definition) is 0. The maximum Gasteiger partial charge on any atom is 0.166 e. The van der Waals surface area contributed by atoms with Crippen LogP contribution in [0.1, 0.15) is 41.2 Å². The Balaban J connectivity index is 2.33. The van der Waals surface area contributed by atoms with Crippen molar-refractivity contribution in [3.05, 3.63) is 35.5 Å². The molecule has 0 bridgehead atoms. The summed E-state index contributed by atoms with van der Waals surface area (Å²) in [6.45, 7) is 0. The van der Waals surface area contributed by atoms with E-state index in [1.807, 2.05) is 17.7 Å². The highest BCUT2D eigenvalue weighted by Gasteiger charge is 2.26. The molecule has 1 aliphatic rings. The Kier molecular flexibility index (Phi) is 2.10. The van der Waals surface area contributed by atoms with E-state index in [1.54, 1.807) is 0 Å². The fourth-order valence-corrected chi connectivity index (χ4v) is 2.71. The van der Waals surface area contributed by atoms with Crippen molar-refractivity contribution in [1.29, 1.82) is 0 Å². The van der Waals surface area contributed by atoms with Crippen molar-refractivity contribution in [2.45, 2.75) is 25.2 Å². The second-order valence-corrected chi connectivity index (χ2v) is 4.62. The minimum Gasteiger partial charge on any atom is -0.341 e. The molecule has 0 aliphatic heterocycles. The van der Waals surface area contributed by atoms with Gasteiger partial charge in [-0.15, -0.1) is 0 Å². The van der Waals surface area contributed by atoms with E-state index in [-0.39, 0.29) is 0 Å². The molecule has 82 valence electrons. The largest absolute Gasteiger partial charge is 0.341 e. The molecular formula is C14H15NO. The lowest BCUT2D eigenvalue weighted by atomic mass is 9.79. The predicted octanol–water partition coefficient (Wildman–Crippen LogP) is 3.26. The highest BCUT2D eigenvalue weighted by molar-refractivity contribution is 5.93. The maximum atomic E-state index is 11.2. The van der Waals surface area contributed by atoms with Gasteiger partial charge in [-0.2, -0.15) is 0 Å². The van der Waals surface area contributed by atoms with Gasteiger partial charge in [0.1, 0.15) is 0 Å². The highest BCUT2D eigenvalue weighted by Crippen LogP contribution is 2.42. The van der Waals surface area contributed by atoms with E-state index in [0.717, 1.165) is 12.0 Å². The van der Waals surface area contributed by atoms with Crippen molar-refractivity contribution in [2.24, 2.45) is 7.05 Å². The second kappa shape index (κ2) is 3.48. The lowest BCUT2D eigenvalue weighted by molar-refractivity contribution is 0.111. The third-order valence-electron chi connectivity index (χ3n) is 3.82. The number of aldehydes is 1. The van der Waals surface area contributed by atoms with Crippen LogP contribution in [0.3, 0.4) is 0 Å². The van der Waals surface area contributed by atoms with Gasteiger partial charge in [0.15, 0.2) is 6.29 Å². The normalized spacial score (nSPS) is 16.3. The minimum absolute atomic E-state index is 0.603. The van der Waals surface area contributed by atoms with Crippen LogP contribution in [0, 0.1) is 0 Å². The van der Waals surface area contributed by atoms with Crippen LogP contribution in [0.25, 0.3) is 10.9 Å². The van der Waals surface area contributed by atoms with Crippen LogP contribution in [-0.2, 0) is 7.05 Å². The van der Waals surface area contributed by atoms with Gasteiger partial charge in [-0.1, -0.05) is 24.6 Å². The Hall–Kier alpha value is -1.57. The number of aromatic nitrogens is 1. The monoisotopic (exact) mass is 213 g/mol. The molecule has 0 spiro atoms. The second-order valence-electron chi connectivity index (χ2n) is 4.62. The van der Waals surface area contributed by atoms with Crippen LogP contribution in [0.5, 0.6) is 0 Å². The lowest BCUT2D eigenvalue weighted by Crippen LogP contribution is -2.11. The van der Waals surface area contributed by atoms with Crippen LogP contribution >= 0.6 is 0 Å². The predicted molar refractivity (Wildman–Crippen MR) is 64.9 cm³/mol. The first-order chi connectivity index (χ1) is 7.83. The van der Waals surface area contributed by atoms with Gasteiger partial charge >= 0.3 is 0 Å². The van der Waals surface area contributed by atoms with Gasteiger partial charge in [0.05, 0.1) is 5.69 Å². The van der Waals surface area contributed by atoms with Crippen LogP contribution in [0.4, 0.5) is 0 Å². The lowest BCUT2D eigenvalue weighted by Gasteiger charge is -2.25. The summed E-state index contributed by atoms with van der Waals surface area (Å²) < 4.78 is 2.02. The number of fused-ring (bicyclic) bond motifs is 1. The molecular weight excluding hydrogens is 198 g/mol. The van der Waals surface area contributed by atoms with Crippen molar-refractivity contribution in [2.75, 3.05) is 0 Å². The van der Waals surface area contributed by atoms with E-state index in [2.05, 4.69) is 18.2 Å². The van der Waals surface area contributed by atoms with E-state index in [0.29, 0.717) is 5.92 Å². The van der Waals surface area contributed by atoms with Gasteiger partial charge in [-0.25, -0.2) is 0 Å². The van der Waals surface area contributed by atoms with Gasteiger partial charge in [0.25, 0.3) is 0 Å². The molecule has 3 rings (SSSR count). The average molecular weight is 213 g/mol. The van der Waals surface area contributed by atoms with Crippen molar-refractivity contribution in [3.8, 4) is 0 Å². The molecule has 0 amide bonds. The molecule has 1 aromatic carbocycles. The van der Waals surface area contributed by atoms with Gasteiger partial charge in [-0.05, 0) is 30.4 Å². The van der Waals surface area contributed by atoms with Crippen molar-refractivity contribution in [3.63, 3.8) is 0 Å². The number of para-hydroxylation sites is 1.